The molecule has 0 atom stereocenters. The number of hydrogen-bond acceptors (Lipinski definition) is 3. The minimum Gasteiger partial charge on any atom is -0.345 e. The van der Waals surface area contributed by atoms with Gasteiger partial charge in [-0.2, -0.15) is 4.31 Å². The van der Waals surface area contributed by atoms with E-state index in [1.807, 2.05) is 24.3 Å². The molecule has 0 spiro atoms. The molecular formula is C17H20BrN3O3S. The Bertz CT molecular complexity index is 884. The first-order chi connectivity index (χ1) is 11.8. The van der Waals surface area contributed by atoms with Gasteiger partial charge in [0, 0.05) is 43.5 Å². The normalized spacial score (nSPS) is 15.5. The van der Waals surface area contributed by atoms with Crippen molar-refractivity contribution in [2.75, 3.05) is 25.0 Å². The quantitative estimate of drug-likeness (QED) is 0.756. The molecule has 1 fully saturated rings. The van der Waals surface area contributed by atoms with E-state index in [4.69, 9.17) is 0 Å². The molecule has 0 unspecified atom stereocenters. The number of rotatable bonds is 4. The van der Waals surface area contributed by atoms with Crippen LogP contribution in [0.5, 0.6) is 0 Å². The molecule has 1 aliphatic heterocycles. The van der Waals surface area contributed by atoms with E-state index in [0.717, 1.165) is 23.0 Å². The first-order valence-electron chi connectivity index (χ1n) is 8.01. The molecule has 1 saturated heterocycles. The van der Waals surface area contributed by atoms with Gasteiger partial charge in [0.1, 0.15) is 10.6 Å². The molecule has 0 N–H and O–H groups in total. The maximum Gasteiger partial charge on any atom is 0.274 e. The highest BCUT2D eigenvalue weighted by molar-refractivity contribution is 9.10. The Morgan fingerprint density at radius 1 is 1.16 bits per heavy atom. The van der Waals surface area contributed by atoms with Gasteiger partial charge < -0.3 is 9.47 Å². The van der Waals surface area contributed by atoms with Crippen LogP contribution in [0, 0.1) is 0 Å². The third kappa shape index (κ3) is 3.51. The summed E-state index contributed by atoms with van der Waals surface area (Å²) < 4.78 is 29.3. The molecule has 1 aromatic carbocycles. The summed E-state index contributed by atoms with van der Waals surface area (Å²) in [4.78, 5) is 14.5. The molecule has 25 heavy (non-hydrogen) atoms. The summed E-state index contributed by atoms with van der Waals surface area (Å²) in [5.41, 5.74) is 1.07. The maximum absolute atomic E-state index is 12.8. The lowest BCUT2D eigenvalue weighted by Gasteiger charge is -2.17. The molecule has 0 aliphatic carbocycles. The number of sulfonamides is 1. The van der Waals surface area contributed by atoms with Gasteiger partial charge in [0.15, 0.2) is 0 Å². The highest BCUT2D eigenvalue weighted by atomic mass is 79.9. The molecule has 2 heterocycles. The van der Waals surface area contributed by atoms with Gasteiger partial charge in [-0.25, -0.2) is 8.42 Å². The van der Waals surface area contributed by atoms with E-state index in [0.29, 0.717) is 18.8 Å². The van der Waals surface area contributed by atoms with Crippen molar-refractivity contribution in [3.05, 3.63) is 46.7 Å². The van der Waals surface area contributed by atoms with Crippen LogP contribution in [0.1, 0.15) is 23.3 Å². The number of aromatic nitrogens is 1. The third-order valence-corrected chi connectivity index (χ3v) is 6.81. The van der Waals surface area contributed by atoms with Crippen molar-refractivity contribution in [1.82, 2.24) is 8.87 Å². The van der Waals surface area contributed by atoms with Gasteiger partial charge in [-0.3, -0.25) is 4.79 Å². The molecule has 0 saturated carbocycles. The number of anilines is 1. The van der Waals surface area contributed by atoms with Gasteiger partial charge in [-0.1, -0.05) is 15.9 Å². The molecule has 134 valence electrons. The fourth-order valence-electron chi connectivity index (χ4n) is 2.92. The molecule has 2 aromatic rings. The zero-order chi connectivity index (χ0) is 18.2. The number of benzene rings is 1. The van der Waals surface area contributed by atoms with E-state index < -0.39 is 10.0 Å². The molecule has 0 bridgehead atoms. The zero-order valence-electron chi connectivity index (χ0n) is 14.1. The highest BCUT2D eigenvalue weighted by Gasteiger charge is 2.30. The van der Waals surface area contributed by atoms with Gasteiger partial charge in [0.2, 0.25) is 10.0 Å². The Labute approximate surface area is 156 Å². The predicted octanol–water partition coefficient (Wildman–Crippen LogP) is 2.85. The van der Waals surface area contributed by atoms with Crippen LogP contribution < -0.4 is 4.90 Å². The zero-order valence-corrected chi connectivity index (χ0v) is 16.5. The minimum absolute atomic E-state index is 0.171. The van der Waals surface area contributed by atoms with Gasteiger partial charge >= 0.3 is 0 Å². The second-order valence-electron chi connectivity index (χ2n) is 6.12. The van der Waals surface area contributed by atoms with Gasteiger partial charge in [0.25, 0.3) is 5.91 Å². The molecular weight excluding hydrogens is 406 g/mol. The second-order valence-corrected chi connectivity index (χ2v) is 8.98. The van der Waals surface area contributed by atoms with Crippen LogP contribution in [0.2, 0.25) is 0 Å². The van der Waals surface area contributed by atoms with Crippen molar-refractivity contribution < 1.29 is 13.2 Å². The van der Waals surface area contributed by atoms with E-state index in [-0.39, 0.29) is 10.8 Å². The standard InChI is InChI=1S/C17H20BrN3O3S/c1-19-12-15(25(23,24)21-9-3-4-10-21)11-16(19)17(22)20(2)14-7-5-13(18)6-8-14/h5-8,11-12H,3-4,9-10H2,1-2H3. The molecule has 3 rings (SSSR count). The van der Waals surface area contributed by atoms with Crippen molar-refractivity contribution in [2.24, 2.45) is 7.05 Å². The van der Waals surface area contributed by atoms with E-state index in [9.17, 15) is 13.2 Å². The van der Waals surface area contributed by atoms with Gasteiger partial charge in [0.05, 0.1) is 0 Å². The molecule has 0 radical (unpaired) electrons. The summed E-state index contributed by atoms with van der Waals surface area (Å²) in [6.07, 6.45) is 3.27. The van der Waals surface area contributed by atoms with Crippen LogP contribution in [0.15, 0.2) is 45.9 Å². The van der Waals surface area contributed by atoms with Crippen molar-refractivity contribution in [3.8, 4) is 0 Å². The Hall–Kier alpha value is -1.64. The largest absolute Gasteiger partial charge is 0.345 e. The van der Waals surface area contributed by atoms with Gasteiger partial charge in [-0.05, 0) is 43.2 Å². The van der Waals surface area contributed by atoms with Crippen molar-refractivity contribution >= 4 is 37.5 Å². The Kier molecular flexibility index (Phi) is 5.04. The molecule has 1 aromatic heterocycles. The predicted molar refractivity (Wildman–Crippen MR) is 100 cm³/mol. The van der Waals surface area contributed by atoms with Crippen molar-refractivity contribution in [3.63, 3.8) is 0 Å². The van der Waals surface area contributed by atoms with Crippen LogP contribution in [0.4, 0.5) is 5.69 Å². The number of nitrogens with zero attached hydrogens (tertiary/aromatic N) is 3. The molecule has 1 aliphatic rings. The average molecular weight is 426 g/mol. The molecule has 1 amide bonds. The van der Waals surface area contributed by atoms with E-state index in [1.165, 1.54) is 21.5 Å². The summed E-state index contributed by atoms with van der Waals surface area (Å²) in [6, 6.07) is 8.83. The number of halogens is 1. The summed E-state index contributed by atoms with van der Waals surface area (Å²) in [6.45, 7) is 1.08. The number of carbonyl (C=O) groups excluding carboxylic acids is 1. The lowest BCUT2D eigenvalue weighted by molar-refractivity contribution is 0.0985. The topological polar surface area (TPSA) is 62.6 Å². The lowest BCUT2D eigenvalue weighted by atomic mass is 10.3. The SMILES string of the molecule is CN(C(=O)c1cc(S(=O)(=O)N2CCCC2)cn1C)c1ccc(Br)cc1. The van der Waals surface area contributed by atoms with Crippen LogP contribution in [0.25, 0.3) is 0 Å². The van der Waals surface area contributed by atoms with Crippen LogP contribution >= 0.6 is 15.9 Å². The summed E-state index contributed by atoms with van der Waals surface area (Å²) in [5, 5.41) is 0. The van der Waals surface area contributed by atoms with Crippen LogP contribution in [0.3, 0.4) is 0 Å². The summed E-state index contributed by atoms with van der Waals surface area (Å²) in [7, 11) is -0.174. The number of carbonyl (C=O) groups is 1. The van der Waals surface area contributed by atoms with Gasteiger partial charge in [-0.15, -0.1) is 0 Å². The van der Waals surface area contributed by atoms with E-state index in [2.05, 4.69) is 15.9 Å². The van der Waals surface area contributed by atoms with E-state index >= 15 is 0 Å². The Morgan fingerprint density at radius 3 is 2.36 bits per heavy atom. The number of aryl methyl sites for hydroxylation is 1. The van der Waals surface area contributed by atoms with Crippen LogP contribution in [-0.2, 0) is 17.1 Å². The van der Waals surface area contributed by atoms with Crippen molar-refractivity contribution in [2.45, 2.75) is 17.7 Å². The van der Waals surface area contributed by atoms with Crippen molar-refractivity contribution in [1.29, 1.82) is 0 Å². The maximum atomic E-state index is 12.8. The number of amides is 1. The summed E-state index contributed by atoms with van der Waals surface area (Å²) in [5.74, 6) is -0.257. The molecule has 8 heteroatoms. The highest BCUT2D eigenvalue weighted by Crippen LogP contribution is 2.24. The minimum atomic E-state index is -3.53. The first-order valence-corrected chi connectivity index (χ1v) is 10.2. The Morgan fingerprint density at radius 2 is 1.76 bits per heavy atom. The second kappa shape index (κ2) is 6.93. The summed E-state index contributed by atoms with van der Waals surface area (Å²) >= 11 is 3.37. The lowest BCUT2D eigenvalue weighted by Crippen LogP contribution is -2.28. The smallest absolute Gasteiger partial charge is 0.274 e. The van der Waals surface area contributed by atoms with E-state index in [1.54, 1.807) is 18.7 Å². The monoisotopic (exact) mass is 425 g/mol. The third-order valence-electron chi connectivity index (χ3n) is 4.42. The average Bonchev–Trinajstić information content (AvgIpc) is 3.24. The first kappa shape index (κ1) is 18.2. The molecule has 6 nitrogen and oxygen atoms in total. The number of hydrogen-bond donors (Lipinski definition) is 0. The van der Waals surface area contributed by atoms with Crippen LogP contribution in [-0.4, -0.2) is 43.3 Å². The fourth-order valence-corrected chi connectivity index (χ4v) is 4.77. The fraction of sp³-hybridized carbons (Fsp3) is 0.353. The Balaban J connectivity index is 1.89.